The molecule has 3 aromatic carbocycles. The van der Waals surface area contributed by atoms with Crippen molar-refractivity contribution in [2.75, 3.05) is 29.9 Å². The van der Waals surface area contributed by atoms with Gasteiger partial charge in [-0.1, -0.05) is 18.2 Å². The zero-order valence-electron chi connectivity index (χ0n) is 19.0. The van der Waals surface area contributed by atoms with E-state index in [2.05, 4.69) is 36.2 Å². The Labute approximate surface area is 199 Å². The Kier molecular flexibility index (Phi) is 5.45. The maximum Gasteiger partial charge on any atom is 0.340 e. The molecule has 5 nitrogen and oxygen atoms in total. The summed E-state index contributed by atoms with van der Waals surface area (Å²) in [6.07, 6.45) is 0. The summed E-state index contributed by atoms with van der Waals surface area (Å²) in [6.45, 7) is 8.59. The third kappa shape index (κ3) is 3.42. The van der Waals surface area contributed by atoms with Crippen LogP contribution in [-0.2, 0) is 10.3 Å². The molecule has 2 atom stereocenters. The molecular weight excluding hydrogens is 436 g/mol. The number of hydrogen-bond donors (Lipinski definition) is 1. The van der Waals surface area contributed by atoms with E-state index in [1.165, 1.54) is 0 Å². The topological polar surface area (TPSA) is 50.8 Å². The highest BCUT2D eigenvalue weighted by Gasteiger charge is 2.53. The molecule has 2 aliphatic heterocycles. The van der Waals surface area contributed by atoms with Gasteiger partial charge < -0.3 is 19.7 Å². The Morgan fingerprint density at radius 3 is 2.52 bits per heavy atom. The van der Waals surface area contributed by atoms with Gasteiger partial charge >= 0.3 is 5.97 Å². The minimum Gasteiger partial charge on any atom is -0.456 e. The minimum absolute atomic E-state index is 0.00446. The molecule has 3 aromatic rings. The van der Waals surface area contributed by atoms with Gasteiger partial charge in [0.15, 0.2) is 5.60 Å². The molecule has 0 fully saturated rings. The first kappa shape index (κ1) is 21.7. The average Bonchev–Trinajstić information content (AvgIpc) is 3.12. The van der Waals surface area contributed by atoms with Crippen LogP contribution in [0.5, 0.6) is 11.5 Å². The van der Waals surface area contributed by atoms with Crippen molar-refractivity contribution >= 4 is 28.9 Å². The van der Waals surface area contributed by atoms with Crippen molar-refractivity contribution in [1.82, 2.24) is 0 Å². The van der Waals surface area contributed by atoms with E-state index in [0.29, 0.717) is 23.6 Å². The zero-order chi connectivity index (χ0) is 23.2. The van der Waals surface area contributed by atoms with Crippen molar-refractivity contribution in [2.45, 2.75) is 31.7 Å². The summed E-state index contributed by atoms with van der Waals surface area (Å²) in [7, 11) is 0. The van der Waals surface area contributed by atoms with Crippen LogP contribution in [0.3, 0.4) is 0 Å². The molecule has 2 aliphatic rings. The van der Waals surface area contributed by atoms with Crippen molar-refractivity contribution < 1.29 is 14.3 Å². The molecule has 0 bridgehead atoms. The van der Waals surface area contributed by atoms with Crippen molar-refractivity contribution in [1.29, 1.82) is 0 Å². The number of halogens is 1. The van der Waals surface area contributed by atoms with Crippen molar-refractivity contribution in [2.24, 2.45) is 0 Å². The third-order valence-electron chi connectivity index (χ3n) is 6.41. The van der Waals surface area contributed by atoms with Crippen LogP contribution in [0.2, 0.25) is 0 Å². The fourth-order valence-electron chi connectivity index (χ4n) is 4.81. The van der Waals surface area contributed by atoms with Crippen molar-refractivity contribution in [3.05, 3.63) is 82.9 Å². The van der Waals surface area contributed by atoms with E-state index < -0.39 is 5.60 Å². The molecule has 0 aromatic heterocycles. The van der Waals surface area contributed by atoms with Crippen LogP contribution in [0.1, 0.15) is 47.8 Å². The van der Waals surface area contributed by atoms with Crippen LogP contribution in [0, 0.1) is 0 Å². The second-order valence-corrected chi connectivity index (χ2v) is 9.19. The van der Waals surface area contributed by atoms with Crippen LogP contribution < -0.4 is 15.0 Å². The smallest absolute Gasteiger partial charge is 0.340 e. The van der Waals surface area contributed by atoms with Crippen LogP contribution in [-0.4, -0.2) is 31.0 Å². The Hall–Kier alpha value is -3.18. The number of rotatable bonds is 6. The number of benzene rings is 3. The number of anilines is 2. The first-order valence-electron chi connectivity index (χ1n) is 11.4. The van der Waals surface area contributed by atoms with Crippen LogP contribution in [0.15, 0.2) is 60.7 Å². The summed E-state index contributed by atoms with van der Waals surface area (Å²) in [5.41, 5.74) is 3.99. The van der Waals surface area contributed by atoms with Gasteiger partial charge in [-0.05, 0) is 57.2 Å². The number of carbonyl (C=O) groups is 1. The van der Waals surface area contributed by atoms with Crippen molar-refractivity contribution in [3.63, 3.8) is 0 Å². The van der Waals surface area contributed by atoms with E-state index in [1.54, 1.807) is 0 Å². The summed E-state index contributed by atoms with van der Waals surface area (Å²) in [4.78, 5) is 15.3. The van der Waals surface area contributed by atoms with Gasteiger partial charge in [0.2, 0.25) is 0 Å². The monoisotopic (exact) mass is 462 g/mol. The Bertz CT molecular complexity index is 1220. The van der Waals surface area contributed by atoms with Gasteiger partial charge in [-0.25, -0.2) is 4.79 Å². The quantitative estimate of drug-likeness (QED) is 0.352. The van der Waals surface area contributed by atoms with Crippen molar-refractivity contribution in [3.8, 4) is 11.5 Å². The molecule has 2 heterocycles. The molecule has 0 aliphatic carbocycles. The first-order chi connectivity index (χ1) is 16.0. The number of nitrogens with zero attached hydrogens (tertiary/aromatic N) is 1. The summed E-state index contributed by atoms with van der Waals surface area (Å²) in [5, 5.41) is 3.33. The molecule has 0 amide bonds. The normalized spacial score (nSPS) is 18.6. The van der Waals surface area contributed by atoms with Gasteiger partial charge in [-0.15, -0.1) is 11.6 Å². The predicted octanol–water partition coefficient (Wildman–Crippen LogP) is 6.14. The molecule has 170 valence electrons. The lowest BCUT2D eigenvalue weighted by Gasteiger charge is -2.37. The molecular formula is C27H27ClN2O3. The highest BCUT2D eigenvalue weighted by atomic mass is 35.5. The average molecular weight is 463 g/mol. The summed E-state index contributed by atoms with van der Waals surface area (Å²) < 4.78 is 12.7. The number of ether oxygens (including phenoxy) is 2. The van der Waals surface area contributed by atoms with Crippen LogP contribution in [0.25, 0.3) is 0 Å². The van der Waals surface area contributed by atoms with Crippen LogP contribution in [0.4, 0.5) is 11.4 Å². The number of nitrogens with one attached hydrogen (secondary N) is 1. The fraction of sp³-hybridized carbons (Fsp3) is 0.296. The fourth-order valence-corrected chi connectivity index (χ4v) is 4.89. The van der Waals surface area contributed by atoms with Gasteiger partial charge in [-0.2, -0.15) is 0 Å². The molecule has 2 unspecified atom stereocenters. The SMILES string of the molecule is CCN(CC)c1ccc2c(c1)C1(OC(=O)c3ccccc31)c1ccc(NCC(C)Cl)cc1O2. The molecule has 6 heteroatoms. The molecule has 1 N–H and O–H groups in total. The van der Waals surface area contributed by atoms with E-state index in [9.17, 15) is 4.79 Å². The maximum absolute atomic E-state index is 13.0. The standard InChI is InChI=1S/C27H27ClN2O3/c1-4-30(5-2)19-11-13-24-23(15-19)27(21-9-7-6-8-20(21)26(31)33-27)22-12-10-18(14-25(22)32-24)29-16-17(3)28/h6-15,17,29H,4-5,16H2,1-3H3. The second-order valence-electron chi connectivity index (χ2n) is 8.44. The summed E-state index contributed by atoms with van der Waals surface area (Å²) >= 11 is 6.12. The predicted molar refractivity (Wildman–Crippen MR) is 132 cm³/mol. The molecule has 0 saturated heterocycles. The van der Waals surface area contributed by atoms with E-state index >= 15 is 0 Å². The Balaban J connectivity index is 1.72. The largest absolute Gasteiger partial charge is 0.456 e. The first-order valence-corrected chi connectivity index (χ1v) is 11.8. The van der Waals surface area contributed by atoms with Gasteiger partial charge in [0.25, 0.3) is 0 Å². The summed E-state index contributed by atoms with van der Waals surface area (Å²) in [6, 6.07) is 19.7. The molecule has 5 rings (SSSR count). The number of carbonyl (C=O) groups excluding carboxylic acids is 1. The van der Waals surface area contributed by atoms with Gasteiger partial charge in [-0.3, -0.25) is 0 Å². The molecule has 33 heavy (non-hydrogen) atoms. The molecule has 1 spiro atoms. The number of alkyl halides is 1. The van der Waals surface area contributed by atoms with Gasteiger partial charge in [0, 0.05) is 59.1 Å². The van der Waals surface area contributed by atoms with E-state index in [4.69, 9.17) is 21.1 Å². The van der Waals surface area contributed by atoms with Gasteiger partial charge in [0.05, 0.1) is 5.56 Å². The zero-order valence-corrected chi connectivity index (χ0v) is 19.8. The number of hydrogen-bond acceptors (Lipinski definition) is 5. The van der Waals surface area contributed by atoms with E-state index in [-0.39, 0.29) is 11.3 Å². The third-order valence-corrected chi connectivity index (χ3v) is 6.57. The number of esters is 1. The summed E-state index contributed by atoms with van der Waals surface area (Å²) in [5.74, 6) is 1.02. The Morgan fingerprint density at radius 2 is 1.76 bits per heavy atom. The highest BCUT2D eigenvalue weighted by molar-refractivity contribution is 6.20. The van der Waals surface area contributed by atoms with E-state index in [0.717, 1.165) is 41.2 Å². The molecule has 0 radical (unpaired) electrons. The number of fused-ring (bicyclic) bond motifs is 6. The lowest BCUT2D eigenvalue weighted by atomic mass is 9.77. The maximum atomic E-state index is 13.0. The lowest BCUT2D eigenvalue weighted by molar-refractivity contribution is 0.0224. The highest BCUT2D eigenvalue weighted by Crippen LogP contribution is 2.56. The van der Waals surface area contributed by atoms with Crippen LogP contribution >= 0.6 is 11.6 Å². The van der Waals surface area contributed by atoms with Gasteiger partial charge in [0.1, 0.15) is 11.5 Å². The lowest BCUT2D eigenvalue weighted by Crippen LogP contribution is -2.33. The Morgan fingerprint density at radius 1 is 0.970 bits per heavy atom. The molecule has 0 saturated carbocycles. The van der Waals surface area contributed by atoms with E-state index in [1.807, 2.05) is 55.5 Å². The minimum atomic E-state index is -1.06. The second kappa shape index (κ2) is 8.31.